The maximum Gasteiger partial charge on any atom is 0.289 e. The van der Waals surface area contributed by atoms with Gasteiger partial charge in [0.1, 0.15) is 5.82 Å². The highest BCUT2D eigenvalue weighted by Gasteiger charge is 2.24. The van der Waals surface area contributed by atoms with Crippen LogP contribution in [0.3, 0.4) is 0 Å². The predicted molar refractivity (Wildman–Crippen MR) is 99.9 cm³/mol. The summed E-state index contributed by atoms with van der Waals surface area (Å²) in [4.78, 5) is 32.6. The lowest BCUT2D eigenvalue weighted by Crippen LogP contribution is -2.49. The molecule has 3 rings (SSSR count). The van der Waals surface area contributed by atoms with Gasteiger partial charge < -0.3 is 24.3 Å². The second-order valence-electron chi connectivity index (χ2n) is 6.26. The molecule has 2 aromatic rings. The summed E-state index contributed by atoms with van der Waals surface area (Å²) >= 11 is 0. The summed E-state index contributed by atoms with van der Waals surface area (Å²) in [6.45, 7) is 3.75. The van der Waals surface area contributed by atoms with Crippen LogP contribution in [0.5, 0.6) is 0 Å². The van der Waals surface area contributed by atoms with E-state index < -0.39 is 0 Å². The van der Waals surface area contributed by atoms with Crippen molar-refractivity contribution in [2.45, 2.75) is 6.42 Å². The molecule has 1 N–H and O–H groups in total. The number of nitrogens with zero attached hydrogens (tertiary/aromatic N) is 3. The molecule has 0 bridgehead atoms. The van der Waals surface area contributed by atoms with Crippen LogP contribution in [0.1, 0.15) is 27.3 Å². The Hall–Kier alpha value is -2.87. The van der Waals surface area contributed by atoms with Crippen molar-refractivity contribution in [3.63, 3.8) is 0 Å². The molecule has 1 fully saturated rings. The summed E-state index contributed by atoms with van der Waals surface area (Å²) in [5.41, 5.74) is 0.530. The number of ether oxygens (including phenoxy) is 1. The minimum absolute atomic E-state index is 0.0897. The number of nitrogens with one attached hydrogen (secondary N) is 1. The standard InChI is InChI=1S/C19H24N4O4/c1-26-12-3-7-20-18(24)15-5-6-17(21-14-15)22-8-10-23(11-9-22)19(25)16-4-2-13-27-16/h2,4-6,13-14H,3,7-12H2,1H3,(H,20,24). The Morgan fingerprint density at radius 1 is 1.22 bits per heavy atom. The number of furan rings is 1. The predicted octanol–water partition coefficient (Wildman–Crippen LogP) is 1.40. The van der Waals surface area contributed by atoms with E-state index in [1.807, 2.05) is 6.07 Å². The molecule has 144 valence electrons. The van der Waals surface area contributed by atoms with Gasteiger partial charge in [0, 0.05) is 52.6 Å². The average molecular weight is 372 g/mol. The minimum Gasteiger partial charge on any atom is -0.459 e. The molecule has 1 aliphatic heterocycles. The van der Waals surface area contributed by atoms with E-state index in [1.165, 1.54) is 6.26 Å². The van der Waals surface area contributed by atoms with E-state index in [2.05, 4.69) is 15.2 Å². The van der Waals surface area contributed by atoms with Gasteiger partial charge in [-0.3, -0.25) is 9.59 Å². The van der Waals surface area contributed by atoms with E-state index in [0.717, 1.165) is 12.2 Å². The first-order valence-corrected chi connectivity index (χ1v) is 9.00. The van der Waals surface area contributed by atoms with Crippen LogP contribution < -0.4 is 10.2 Å². The first-order valence-electron chi connectivity index (χ1n) is 9.00. The third-order valence-corrected chi connectivity index (χ3v) is 4.44. The third kappa shape index (κ3) is 4.85. The van der Waals surface area contributed by atoms with Gasteiger partial charge in [0.05, 0.1) is 11.8 Å². The largest absolute Gasteiger partial charge is 0.459 e. The van der Waals surface area contributed by atoms with Crippen molar-refractivity contribution in [3.05, 3.63) is 48.0 Å². The highest BCUT2D eigenvalue weighted by Crippen LogP contribution is 2.16. The number of methoxy groups -OCH3 is 1. The van der Waals surface area contributed by atoms with Crippen LogP contribution >= 0.6 is 0 Å². The van der Waals surface area contributed by atoms with E-state index in [9.17, 15) is 9.59 Å². The van der Waals surface area contributed by atoms with Gasteiger partial charge in [-0.25, -0.2) is 4.98 Å². The quantitative estimate of drug-likeness (QED) is 0.740. The van der Waals surface area contributed by atoms with E-state index in [1.54, 1.807) is 36.4 Å². The van der Waals surface area contributed by atoms with E-state index in [4.69, 9.17) is 9.15 Å². The van der Waals surface area contributed by atoms with Crippen molar-refractivity contribution in [1.82, 2.24) is 15.2 Å². The second-order valence-corrected chi connectivity index (χ2v) is 6.26. The Kier molecular flexibility index (Phi) is 6.43. The third-order valence-electron chi connectivity index (χ3n) is 4.44. The van der Waals surface area contributed by atoms with Gasteiger partial charge in [0.2, 0.25) is 0 Å². The number of piperazine rings is 1. The number of amides is 2. The number of carbonyl (C=O) groups excluding carboxylic acids is 2. The average Bonchev–Trinajstić information content (AvgIpc) is 3.26. The zero-order valence-corrected chi connectivity index (χ0v) is 15.4. The molecule has 0 aliphatic carbocycles. The number of carbonyl (C=O) groups is 2. The Morgan fingerprint density at radius 2 is 2.04 bits per heavy atom. The van der Waals surface area contributed by atoms with Crippen LogP contribution in [0.2, 0.25) is 0 Å². The van der Waals surface area contributed by atoms with Crippen molar-refractivity contribution in [3.8, 4) is 0 Å². The van der Waals surface area contributed by atoms with Gasteiger partial charge in [-0.15, -0.1) is 0 Å². The molecule has 8 heteroatoms. The molecule has 2 amide bonds. The molecule has 8 nitrogen and oxygen atoms in total. The lowest BCUT2D eigenvalue weighted by molar-refractivity contribution is 0.0714. The zero-order chi connectivity index (χ0) is 19.1. The summed E-state index contributed by atoms with van der Waals surface area (Å²) in [7, 11) is 1.64. The van der Waals surface area contributed by atoms with E-state index in [0.29, 0.717) is 50.7 Å². The fraction of sp³-hybridized carbons (Fsp3) is 0.421. The number of aromatic nitrogens is 1. The normalized spacial score (nSPS) is 14.3. The van der Waals surface area contributed by atoms with Gasteiger partial charge in [0.15, 0.2) is 5.76 Å². The summed E-state index contributed by atoms with van der Waals surface area (Å²) in [5.74, 6) is 0.936. The SMILES string of the molecule is COCCCNC(=O)c1ccc(N2CCN(C(=O)c3ccco3)CC2)nc1. The van der Waals surface area contributed by atoms with Crippen molar-refractivity contribution < 1.29 is 18.7 Å². The number of hydrogen-bond acceptors (Lipinski definition) is 6. The van der Waals surface area contributed by atoms with Gasteiger partial charge in [-0.1, -0.05) is 0 Å². The fourth-order valence-corrected chi connectivity index (χ4v) is 2.92. The molecular formula is C19H24N4O4. The van der Waals surface area contributed by atoms with Crippen molar-refractivity contribution >= 4 is 17.6 Å². The van der Waals surface area contributed by atoms with Crippen LogP contribution in [-0.2, 0) is 4.74 Å². The Labute approximate surface area is 158 Å². The first kappa shape index (κ1) is 18.9. The number of rotatable bonds is 7. The second kappa shape index (κ2) is 9.18. The van der Waals surface area contributed by atoms with Crippen LogP contribution in [0.4, 0.5) is 5.82 Å². The smallest absolute Gasteiger partial charge is 0.289 e. The monoisotopic (exact) mass is 372 g/mol. The van der Waals surface area contributed by atoms with Gasteiger partial charge in [0.25, 0.3) is 11.8 Å². The molecule has 0 aromatic carbocycles. The van der Waals surface area contributed by atoms with Crippen LogP contribution in [0.15, 0.2) is 41.1 Å². The number of anilines is 1. The van der Waals surface area contributed by atoms with Gasteiger partial charge >= 0.3 is 0 Å². The molecule has 0 unspecified atom stereocenters. The van der Waals surface area contributed by atoms with E-state index in [-0.39, 0.29) is 11.8 Å². The van der Waals surface area contributed by atoms with Gasteiger partial charge in [-0.05, 0) is 30.7 Å². The van der Waals surface area contributed by atoms with Crippen LogP contribution in [-0.4, -0.2) is 68.1 Å². The first-order chi connectivity index (χ1) is 13.2. The molecule has 1 aliphatic rings. The number of pyridine rings is 1. The molecule has 1 saturated heterocycles. The molecule has 0 spiro atoms. The summed E-state index contributed by atoms with van der Waals surface area (Å²) < 4.78 is 10.1. The molecule has 27 heavy (non-hydrogen) atoms. The molecular weight excluding hydrogens is 348 g/mol. The van der Waals surface area contributed by atoms with Crippen LogP contribution in [0, 0.1) is 0 Å². The molecule has 0 saturated carbocycles. The Morgan fingerprint density at radius 3 is 2.67 bits per heavy atom. The molecule has 2 aromatic heterocycles. The minimum atomic E-state index is -0.140. The Balaban J connectivity index is 1.50. The van der Waals surface area contributed by atoms with E-state index >= 15 is 0 Å². The van der Waals surface area contributed by atoms with Crippen LogP contribution in [0.25, 0.3) is 0 Å². The molecule has 3 heterocycles. The Bertz CT molecular complexity index is 738. The highest BCUT2D eigenvalue weighted by atomic mass is 16.5. The van der Waals surface area contributed by atoms with Crippen molar-refractivity contribution in [2.75, 3.05) is 51.3 Å². The van der Waals surface area contributed by atoms with Crippen molar-refractivity contribution in [2.24, 2.45) is 0 Å². The van der Waals surface area contributed by atoms with Gasteiger partial charge in [-0.2, -0.15) is 0 Å². The highest BCUT2D eigenvalue weighted by molar-refractivity contribution is 5.94. The fourth-order valence-electron chi connectivity index (χ4n) is 2.92. The lowest BCUT2D eigenvalue weighted by Gasteiger charge is -2.35. The molecule has 0 atom stereocenters. The topological polar surface area (TPSA) is 87.9 Å². The maximum absolute atomic E-state index is 12.3. The summed E-state index contributed by atoms with van der Waals surface area (Å²) in [6.07, 6.45) is 3.86. The van der Waals surface area contributed by atoms with Crippen molar-refractivity contribution in [1.29, 1.82) is 0 Å². The summed E-state index contributed by atoms with van der Waals surface area (Å²) in [5, 5.41) is 2.84. The lowest BCUT2D eigenvalue weighted by atomic mass is 10.2. The molecule has 0 radical (unpaired) electrons. The zero-order valence-electron chi connectivity index (χ0n) is 15.4. The summed E-state index contributed by atoms with van der Waals surface area (Å²) in [6, 6.07) is 7.00. The maximum atomic E-state index is 12.3. The number of hydrogen-bond donors (Lipinski definition) is 1.